The molecule has 0 saturated heterocycles. The zero-order valence-electron chi connectivity index (χ0n) is 19.3. The second kappa shape index (κ2) is 7.24. The van der Waals surface area contributed by atoms with E-state index in [4.69, 9.17) is 5.11 Å². The highest BCUT2D eigenvalue weighted by atomic mass is 16.4. The minimum absolute atomic E-state index is 0.0561. The van der Waals surface area contributed by atoms with Crippen LogP contribution in [-0.4, -0.2) is 42.6 Å². The summed E-state index contributed by atoms with van der Waals surface area (Å²) in [5.74, 6) is 1.03. The third-order valence-corrected chi connectivity index (χ3v) is 9.89. The number of aromatic carboxylic acids is 1. The molecule has 1 aromatic rings. The number of carbonyl (C=O) groups excluding carboxylic acids is 1. The van der Waals surface area contributed by atoms with E-state index in [0.717, 1.165) is 32.1 Å². The Labute approximate surface area is 189 Å². The van der Waals surface area contributed by atoms with E-state index in [1.807, 2.05) is 6.92 Å². The summed E-state index contributed by atoms with van der Waals surface area (Å²) in [6.07, 6.45) is 13.2. The van der Waals surface area contributed by atoms with Crippen LogP contribution < -0.4 is 0 Å². The van der Waals surface area contributed by atoms with Gasteiger partial charge in [-0.2, -0.15) is 0 Å². The van der Waals surface area contributed by atoms with E-state index >= 15 is 0 Å². The Morgan fingerprint density at radius 2 is 1.88 bits per heavy atom. The predicted octanol–water partition coefficient (Wildman–Crippen LogP) is 3.73. The molecular formula is C25H35N3O4. The maximum Gasteiger partial charge on any atom is 0.358 e. The normalized spacial score (nSPS) is 45.1. The molecule has 4 aliphatic rings. The van der Waals surface area contributed by atoms with Gasteiger partial charge in [0.25, 0.3) is 0 Å². The van der Waals surface area contributed by atoms with Crippen LogP contribution in [0.15, 0.2) is 18.3 Å². The molecule has 4 aliphatic carbocycles. The Hall–Kier alpha value is -2.02. The number of fused-ring (bicyclic) bond motifs is 5. The number of aromatic nitrogens is 3. The number of nitrogens with zero attached hydrogens (tertiary/aromatic N) is 3. The topological polar surface area (TPSA) is 105 Å². The summed E-state index contributed by atoms with van der Waals surface area (Å²) in [6.45, 7) is 6.81. The van der Waals surface area contributed by atoms with Crippen LogP contribution in [0.3, 0.4) is 0 Å². The fourth-order valence-corrected chi connectivity index (χ4v) is 8.09. The van der Waals surface area contributed by atoms with E-state index in [0.29, 0.717) is 23.7 Å². The van der Waals surface area contributed by atoms with Crippen molar-refractivity contribution in [3.8, 4) is 0 Å². The number of hydrogen-bond donors (Lipinski definition) is 2. The number of hydrogen-bond acceptors (Lipinski definition) is 5. The number of carboxylic acid groups (broad SMARTS) is 1. The lowest BCUT2D eigenvalue weighted by atomic mass is 9.43. The SMILES string of the molecule is C[C@@]1(O)CC[C@@]2(C)[C@H](CC[C@H]3[C@@H]4C=C[C@H](C(=O)Cn5cc(C(=O)O)nn5)[C@@]4(C)CC[C@@H]32)C1. The van der Waals surface area contributed by atoms with Gasteiger partial charge in [0.2, 0.25) is 0 Å². The van der Waals surface area contributed by atoms with Gasteiger partial charge in [-0.05, 0) is 86.4 Å². The summed E-state index contributed by atoms with van der Waals surface area (Å²) < 4.78 is 1.35. The maximum atomic E-state index is 13.3. The van der Waals surface area contributed by atoms with E-state index in [2.05, 4.69) is 36.3 Å². The van der Waals surface area contributed by atoms with Crippen LogP contribution in [-0.2, 0) is 11.3 Å². The molecule has 1 aromatic heterocycles. The Kier molecular flexibility index (Phi) is 4.93. The summed E-state index contributed by atoms with van der Waals surface area (Å²) in [6, 6.07) is 0. The first-order valence-electron chi connectivity index (χ1n) is 12.1. The lowest BCUT2D eigenvalue weighted by Gasteiger charge is -2.61. The average Bonchev–Trinajstić information content (AvgIpc) is 3.32. The zero-order chi connectivity index (χ0) is 22.9. The van der Waals surface area contributed by atoms with Crippen molar-refractivity contribution in [1.82, 2.24) is 15.0 Å². The van der Waals surface area contributed by atoms with Gasteiger partial charge in [-0.3, -0.25) is 4.79 Å². The molecule has 0 radical (unpaired) electrons. The molecule has 3 fully saturated rings. The van der Waals surface area contributed by atoms with Gasteiger partial charge >= 0.3 is 5.97 Å². The number of Topliss-reactive ketones (excluding diaryl/α,β-unsaturated/α-hetero) is 1. The van der Waals surface area contributed by atoms with Gasteiger partial charge in [-0.25, -0.2) is 9.48 Å². The first-order chi connectivity index (χ1) is 15.0. The van der Waals surface area contributed by atoms with Crippen molar-refractivity contribution in [3.05, 3.63) is 24.0 Å². The highest BCUT2D eigenvalue weighted by Crippen LogP contribution is 2.66. The second-order valence-corrected chi connectivity index (χ2v) is 11.8. The van der Waals surface area contributed by atoms with Gasteiger partial charge < -0.3 is 10.2 Å². The van der Waals surface area contributed by atoms with Crippen molar-refractivity contribution in [2.75, 3.05) is 0 Å². The molecule has 7 nitrogen and oxygen atoms in total. The van der Waals surface area contributed by atoms with Crippen molar-refractivity contribution in [2.45, 2.75) is 77.9 Å². The largest absolute Gasteiger partial charge is 0.476 e. The molecule has 8 atom stereocenters. The minimum atomic E-state index is -1.14. The second-order valence-electron chi connectivity index (χ2n) is 11.8. The predicted molar refractivity (Wildman–Crippen MR) is 118 cm³/mol. The van der Waals surface area contributed by atoms with Crippen molar-refractivity contribution >= 4 is 11.8 Å². The van der Waals surface area contributed by atoms with Crippen LogP contribution in [0.25, 0.3) is 0 Å². The molecule has 0 unspecified atom stereocenters. The number of allylic oxidation sites excluding steroid dienone is 2. The van der Waals surface area contributed by atoms with Crippen LogP contribution in [0, 0.1) is 40.4 Å². The van der Waals surface area contributed by atoms with Crippen molar-refractivity contribution in [3.63, 3.8) is 0 Å². The van der Waals surface area contributed by atoms with Gasteiger partial charge in [0.1, 0.15) is 6.54 Å². The number of ketones is 1. The lowest BCUT2D eigenvalue weighted by Crippen LogP contribution is -2.56. The van der Waals surface area contributed by atoms with Crippen LogP contribution in [0.2, 0.25) is 0 Å². The Balaban J connectivity index is 1.33. The number of carboxylic acids is 1. The summed E-state index contributed by atoms with van der Waals surface area (Å²) in [7, 11) is 0. The quantitative estimate of drug-likeness (QED) is 0.690. The lowest BCUT2D eigenvalue weighted by molar-refractivity contribution is -0.147. The molecule has 1 heterocycles. The fraction of sp³-hybridized carbons (Fsp3) is 0.760. The maximum absolute atomic E-state index is 13.3. The van der Waals surface area contributed by atoms with Gasteiger partial charge in [-0.1, -0.05) is 31.2 Å². The number of rotatable bonds is 4. The van der Waals surface area contributed by atoms with Gasteiger partial charge in [0.05, 0.1) is 11.8 Å². The van der Waals surface area contributed by atoms with Gasteiger partial charge in [0, 0.05) is 5.92 Å². The Morgan fingerprint density at radius 3 is 2.59 bits per heavy atom. The van der Waals surface area contributed by atoms with E-state index in [-0.39, 0.29) is 34.8 Å². The Morgan fingerprint density at radius 1 is 1.09 bits per heavy atom. The van der Waals surface area contributed by atoms with Crippen molar-refractivity contribution < 1.29 is 19.8 Å². The van der Waals surface area contributed by atoms with Gasteiger partial charge in [-0.15, -0.1) is 5.10 Å². The molecule has 174 valence electrons. The molecule has 0 aromatic carbocycles. The summed E-state index contributed by atoms with van der Waals surface area (Å²) in [5.41, 5.74) is -0.457. The first-order valence-corrected chi connectivity index (χ1v) is 12.1. The molecule has 0 bridgehead atoms. The molecule has 7 heteroatoms. The molecule has 2 N–H and O–H groups in total. The van der Waals surface area contributed by atoms with Crippen LogP contribution in [0.1, 0.15) is 76.2 Å². The van der Waals surface area contributed by atoms with E-state index in [9.17, 15) is 14.7 Å². The van der Waals surface area contributed by atoms with Crippen molar-refractivity contribution in [1.29, 1.82) is 0 Å². The number of aliphatic hydroxyl groups is 1. The van der Waals surface area contributed by atoms with Crippen molar-refractivity contribution in [2.24, 2.45) is 40.4 Å². The average molecular weight is 442 g/mol. The molecule has 5 rings (SSSR count). The van der Waals surface area contributed by atoms with Crippen LogP contribution in [0.4, 0.5) is 0 Å². The Bertz CT molecular complexity index is 968. The summed E-state index contributed by atoms with van der Waals surface area (Å²) in [5, 5.41) is 27.2. The summed E-state index contributed by atoms with van der Waals surface area (Å²) >= 11 is 0. The fourth-order valence-electron chi connectivity index (χ4n) is 8.09. The zero-order valence-corrected chi connectivity index (χ0v) is 19.3. The monoisotopic (exact) mass is 441 g/mol. The molecular weight excluding hydrogens is 406 g/mol. The third kappa shape index (κ3) is 3.27. The standard InChI is InChI=1S/C25H35N3O4/c1-23(32)10-11-24(2)15(12-23)4-5-16-17-6-7-19(25(17,3)9-8-18(16)24)21(29)14-28-13-20(22(30)31)26-27-28/h6-7,13,15-19,32H,4-5,8-12,14H2,1-3H3,(H,30,31)/t15-,16+,17+,18+,19-,23-,24+,25+/m1/s1. The minimum Gasteiger partial charge on any atom is -0.476 e. The smallest absolute Gasteiger partial charge is 0.358 e. The van der Waals surface area contributed by atoms with Crippen LogP contribution >= 0.6 is 0 Å². The van der Waals surface area contributed by atoms with E-state index < -0.39 is 11.6 Å². The van der Waals surface area contributed by atoms with Gasteiger partial charge in [0.15, 0.2) is 11.5 Å². The molecule has 0 aliphatic heterocycles. The first kappa shape index (κ1) is 21.8. The molecule has 32 heavy (non-hydrogen) atoms. The number of carbonyl (C=O) groups is 2. The van der Waals surface area contributed by atoms with E-state index in [1.165, 1.54) is 23.7 Å². The molecule has 0 amide bonds. The van der Waals surface area contributed by atoms with Crippen LogP contribution in [0.5, 0.6) is 0 Å². The third-order valence-electron chi connectivity index (χ3n) is 9.89. The highest BCUT2D eigenvalue weighted by molar-refractivity contribution is 5.86. The highest BCUT2D eigenvalue weighted by Gasteiger charge is 2.60. The van der Waals surface area contributed by atoms with E-state index in [1.54, 1.807) is 0 Å². The summed E-state index contributed by atoms with van der Waals surface area (Å²) in [4.78, 5) is 24.3. The molecule has 3 saturated carbocycles. The molecule has 0 spiro atoms.